The Hall–Kier alpha value is -0.680. The van der Waals surface area contributed by atoms with Crippen LogP contribution >= 0.6 is 12.2 Å². The van der Waals surface area contributed by atoms with E-state index in [4.69, 9.17) is 18.0 Å². The van der Waals surface area contributed by atoms with Crippen LogP contribution in [0.25, 0.3) is 0 Å². The lowest BCUT2D eigenvalue weighted by Crippen LogP contribution is -2.50. The van der Waals surface area contributed by atoms with Crippen LogP contribution in [0.4, 0.5) is 0 Å². The summed E-state index contributed by atoms with van der Waals surface area (Å²) in [7, 11) is 0. The number of hydrogen-bond donors (Lipinski definition) is 3. The second-order valence-electron chi connectivity index (χ2n) is 5.03. The molecule has 0 radical (unpaired) electrons. The summed E-state index contributed by atoms with van der Waals surface area (Å²) < 4.78 is 0. The van der Waals surface area contributed by atoms with Gasteiger partial charge in [-0.15, -0.1) is 0 Å². The maximum Gasteiger partial charge on any atom is 0.232 e. The zero-order valence-corrected chi connectivity index (χ0v) is 11.3. The van der Waals surface area contributed by atoms with E-state index in [1.807, 2.05) is 6.92 Å². The predicted octanol–water partition coefficient (Wildman–Crippen LogP) is 1.11. The van der Waals surface area contributed by atoms with E-state index in [9.17, 15) is 9.90 Å². The molecule has 1 aliphatic rings. The van der Waals surface area contributed by atoms with Crippen molar-refractivity contribution in [2.75, 3.05) is 0 Å². The minimum atomic E-state index is -0.759. The molecule has 4 nitrogen and oxygen atoms in total. The molecular formula is C12H22N2O2S. The predicted molar refractivity (Wildman–Crippen MR) is 71.6 cm³/mol. The molecule has 0 aromatic heterocycles. The van der Waals surface area contributed by atoms with Crippen molar-refractivity contribution in [1.29, 1.82) is 0 Å². The zero-order chi connectivity index (χ0) is 13.1. The molecule has 1 unspecified atom stereocenters. The molecular weight excluding hydrogens is 236 g/mol. The van der Waals surface area contributed by atoms with Gasteiger partial charge in [-0.05, 0) is 39.0 Å². The van der Waals surface area contributed by atoms with Gasteiger partial charge in [0.05, 0.1) is 16.5 Å². The van der Waals surface area contributed by atoms with Crippen molar-refractivity contribution in [3.8, 4) is 0 Å². The zero-order valence-electron chi connectivity index (χ0n) is 10.5. The van der Waals surface area contributed by atoms with E-state index < -0.39 is 5.41 Å². The normalized spacial score (nSPS) is 28.2. The average Bonchev–Trinajstić information content (AvgIpc) is 2.30. The van der Waals surface area contributed by atoms with Gasteiger partial charge in [0.15, 0.2) is 0 Å². The largest absolute Gasteiger partial charge is 0.393 e. The first-order valence-electron chi connectivity index (χ1n) is 6.19. The number of aliphatic hydroxyl groups is 1. The standard InChI is InChI=1S/C12H22N2O2S/c1-3-12(2,10(13)17)11(16)14-8-4-6-9(15)7-5-8/h8-9,15H,3-7H2,1-2H3,(H2,13,17)(H,14,16). The fraction of sp³-hybridized carbons (Fsp3) is 0.833. The summed E-state index contributed by atoms with van der Waals surface area (Å²) in [6, 6.07) is 0.145. The summed E-state index contributed by atoms with van der Waals surface area (Å²) in [5, 5.41) is 12.4. The number of carbonyl (C=O) groups is 1. The van der Waals surface area contributed by atoms with Crippen molar-refractivity contribution >= 4 is 23.1 Å². The molecule has 0 aliphatic heterocycles. The van der Waals surface area contributed by atoms with Crippen molar-refractivity contribution in [3.63, 3.8) is 0 Å². The fourth-order valence-electron chi connectivity index (χ4n) is 2.01. The van der Waals surface area contributed by atoms with E-state index >= 15 is 0 Å². The van der Waals surface area contributed by atoms with E-state index in [1.165, 1.54) is 0 Å². The lowest BCUT2D eigenvalue weighted by molar-refractivity contribution is -0.128. The quantitative estimate of drug-likeness (QED) is 0.660. The van der Waals surface area contributed by atoms with Crippen LogP contribution in [0, 0.1) is 5.41 Å². The Labute approximate surface area is 108 Å². The summed E-state index contributed by atoms with van der Waals surface area (Å²) >= 11 is 4.97. The molecule has 1 rings (SSSR count). The highest BCUT2D eigenvalue weighted by atomic mass is 32.1. The van der Waals surface area contributed by atoms with Crippen LogP contribution < -0.4 is 11.1 Å². The minimum Gasteiger partial charge on any atom is -0.393 e. The molecule has 1 amide bonds. The monoisotopic (exact) mass is 258 g/mol. The molecule has 1 aliphatic carbocycles. The van der Waals surface area contributed by atoms with Crippen molar-refractivity contribution in [2.45, 2.75) is 58.1 Å². The molecule has 1 fully saturated rings. The third-order valence-corrected chi connectivity index (χ3v) is 4.23. The molecule has 0 heterocycles. The number of amides is 1. The molecule has 0 aromatic rings. The molecule has 0 bridgehead atoms. The number of thiocarbonyl (C=S) groups is 1. The molecule has 17 heavy (non-hydrogen) atoms. The molecule has 98 valence electrons. The first kappa shape index (κ1) is 14.4. The molecule has 1 atom stereocenters. The number of aliphatic hydroxyl groups excluding tert-OH is 1. The lowest BCUT2D eigenvalue weighted by Gasteiger charge is -2.31. The third kappa shape index (κ3) is 3.39. The Morgan fingerprint density at radius 3 is 2.41 bits per heavy atom. The van der Waals surface area contributed by atoms with E-state index in [-0.39, 0.29) is 23.0 Å². The van der Waals surface area contributed by atoms with E-state index in [0.29, 0.717) is 6.42 Å². The minimum absolute atomic E-state index is 0.0890. The van der Waals surface area contributed by atoms with Crippen molar-refractivity contribution in [1.82, 2.24) is 5.32 Å². The SMILES string of the molecule is CCC(C)(C(=O)NC1CCC(O)CC1)C(N)=S. The van der Waals surface area contributed by atoms with Gasteiger partial charge in [0.1, 0.15) is 0 Å². The summed E-state index contributed by atoms with van der Waals surface area (Å²) in [5.41, 5.74) is 4.88. The Morgan fingerprint density at radius 2 is 2.00 bits per heavy atom. The second-order valence-corrected chi connectivity index (χ2v) is 5.47. The van der Waals surface area contributed by atoms with Crippen LogP contribution in [0.1, 0.15) is 46.0 Å². The summed E-state index contributed by atoms with van der Waals surface area (Å²) in [6.07, 6.45) is 3.54. The van der Waals surface area contributed by atoms with Gasteiger partial charge in [-0.3, -0.25) is 4.79 Å². The summed E-state index contributed by atoms with van der Waals surface area (Å²) in [4.78, 5) is 12.4. The third-order valence-electron chi connectivity index (χ3n) is 3.78. The van der Waals surface area contributed by atoms with Gasteiger partial charge in [0, 0.05) is 6.04 Å². The highest BCUT2D eigenvalue weighted by molar-refractivity contribution is 7.80. The van der Waals surface area contributed by atoms with E-state index in [0.717, 1.165) is 25.7 Å². The second kappa shape index (κ2) is 5.78. The number of carbonyl (C=O) groups excluding carboxylic acids is 1. The molecule has 5 heteroatoms. The van der Waals surface area contributed by atoms with Gasteiger partial charge >= 0.3 is 0 Å². The highest BCUT2D eigenvalue weighted by Crippen LogP contribution is 2.24. The average molecular weight is 258 g/mol. The Morgan fingerprint density at radius 1 is 1.47 bits per heavy atom. The highest BCUT2D eigenvalue weighted by Gasteiger charge is 2.36. The molecule has 0 saturated heterocycles. The maximum atomic E-state index is 12.1. The van der Waals surface area contributed by atoms with Gasteiger partial charge in [-0.1, -0.05) is 19.1 Å². The first-order chi connectivity index (χ1) is 7.90. The maximum absolute atomic E-state index is 12.1. The molecule has 1 saturated carbocycles. The van der Waals surface area contributed by atoms with Crippen molar-refractivity contribution in [3.05, 3.63) is 0 Å². The number of nitrogens with one attached hydrogen (secondary N) is 1. The van der Waals surface area contributed by atoms with Gasteiger partial charge in [-0.2, -0.15) is 0 Å². The summed E-state index contributed by atoms with van der Waals surface area (Å²) in [5.74, 6) is -0.0890. The van der Waals surface area contributed by atoms with Crippen LogP contribution in [-0.4, -0.2) is 28.1 Å². The van der Waals surface area contributed by atoms with Gasteiger partial charge in [0.25, 0.3) is 0 Å². The fourth-order valence-corrected chi connectivity index (χ4v) is 2.25. The molecule has 0 aromatic carbocycles. The van der Waals surface area contributed by atoms with Gasteiger partial charge in [0.2, 0.25) is 5.91 Å². The lowest BCUT2D eigenvalue weighted by atomic mass is 9.85. The number of nitrogens with two attached hydrogens (primary N) is 1. The smallest absolute Gasteiger partial charge is 0.232 e. The van der Waals surface area contributed by atoms with Crippen molar-refractivity contribution in [2.24, 2.45) is 11.1 Å². The molecule has 0 spiro atoms. The topological polar surface area (TPSA) is 75.3 Å². The molecule has 4 N–H and O–H groups in total. The van der Waals surface area contributed by atoms with Gasteiger partial charge < -0.3 is 16.2 Å². The van der Waals surface area contributed by atoms with Crippen LogP contribution in [-0.2, 0) is 4.79 Å². The van der Waals surface area contributed by atoms with E-state index in [2.05, 4.69) is 5.32 Å². The Bertz CT molecular complexity index is 301. The Kier molecular flexibility index (Phi) is 4.89. The number of rotatable bonds is 4. The number of hydrogen-bond acceptors (Lipinski definition) is 3. The van der Waals surface area contributed by atoms with Crippen LogP contribution in [0.5, 0.6) is 0 Å². The van der Waals surface area contributed by atoms with Crippen LogP contribution in [0.15, 0.2) is 0 Å². The van der Waals surface area contributed by atoms with Crippen LogP contribution in [0.2, 0.25) is 0 Å². The van der Waals surface area contributed by atoms with Crippen LogP contribution in [0.3, 0.4) is 0 Å². The summed E-state index contributed by atoms with van der Waals surface area (Å²) in [6.45, 7) is 3.69. The Balaban J connectivity index is 2.56. The van der Waals surface area contributed by atoms with Gasteiger partial charge in [-0.25, -0.2) is 0 Å². The first-order valence-corrected chi connectivity index (χ1v) is 6.60. The van der Waals surface area contributed by atoms with Crippen molar-refractivity contribution < 1.29 is 9.90 Å². The van der Waals surface area contributed by atoms with E-state index in [1.54, 1.807) is 6.92 Å².